The van der Waals surface area contributed by atoms with Gasteiger partial charge in [-0.3, -0.25) is 0 Å². The van der Waals surface area contributed by atoms with E-state index in [1.54, 1.807) is 25.1 Å². The number of hydrogen-bond acceptors (Lipinski definition) is 6. The minimum absolute atomic E-state index is 0.259. The van der Waals surface area contributed by atoms with Crippen molar-refractivity contribution in [1.29, 1.82) is 0 Å². The number of nitrogens with one attached hydrogen (secondary N) is 1. The summed E-state index contributed by atoms with van der Waals surface area (Å²) in [7, 11) is -3.61. The molecule has 0 spiro atoms. The van der Waals surface area contributed by atoms with E-state index < -0.39 is 10.0 Å². The number of anilines is 3. The van der Waals surface area contributed by atoms with Crippen LogP contribution in [0.5, 0.6) is 0 Å². The zero-order chi connectivity index (χ0) is 22.9. The van der Waals surface area contributed by atoms with Gasteiger partial charge in [0, 0.05) is 48.6 Å². The second-order valence-electron chi connectivity index (χ2n) is 7.94. The van der Waals surface area contributed by atoms with E-state index in [-0.39, 0.29) is 4.90 Å². The maximum absolute atomic E-state index is 13.1. The maximum atomic E-state index is 13.1. The summed E-state index contributed by atoms with van der Waals surface area (Å²) >= 11 is 6.14. The number of rotatable bonds is 5. The number of nitrogens with zero attached hydrogens (tertiary/aromatic N) is 4. The molecule has 1 aliphatic heterocycles. The molecule has 0 saturated carbocycles. The molecule has 0 amide bonds. The summed E-state index contributed by atoms with van der Waals surface area (Å²) in [5.74, 6) is 1.30. The third kappa shape index (κ3) is 4.72. The van der Waals surface area contributed by atoms with Gasteiger partial charge in [-0.25, -0.2) is 13.4 Å². The SMILES string of the molecule is Cc1ccc(Nc2cc(C)nc(N3CCN(S(=O)(=O)c4cccc(Cl)c4C)CC3)n2)cc1. The molecule has 32 heavy (non-hydrogen) atoms. The smallest absolute Gasteiger partial charge is 0.243 e. The molecule has 168 valence electrons. The van der Waals surface area contributed by atoms with Crippen molar-refractivity contribution in [2.45, 2.75) is 25.7 Å². The molecule has 0 radical (unpaired) electrons. The highest BCUT2D eigenvalue weighted by Crippen LogP contribution is 2.27. The molecule has 2 aromatic carbocycles. The molecule has 2 heterocycles. The largest absolute Gasteiger partial charge is 0.340 e. The third-order valence-electron chi connectivity index (χ3n) is 5.52. The van der Waals surface area contributed by atoms with Crippen LogP contribution in [-0.4, -0.2) is 48.9 Å². The first-order valence-electron chi connectivity index (χ1n) is 10.4. The van der Waals surface area contributed by atoms with Gasteiger partial charge in [0.05, 0.1) is 4.90 Å². The van der Waals surface area contributed by atoms with Gasteiger partial charge in [0.1, 0.15) is 5.82 Å². The van der Waals surface area contributed by atoms with Gasteiger partial charge in [-0.2, -0.15) is 9.29 Å². The van der Waals surface area contributed by atoms with E-state index in [2.05, 4.69) is 15.3 Å². The zero-order valence-corrected chi connectivity index (χ0v) is 19.9. The Morgan fingerprint density at radius 3 is 2.31 bits per heavy atom. The first-order valence-corrected chi connectivity index (χ1v) is 12.3. The van der Waals surface area contributed by atoms with Gasteiger partial charge in [0.15, 0.2) is 0 Å². The van der Waals surface area contributed by atoms with E-state index in [0.717, 1.165) is 11.4 Å². The lowest BCUT2D eigenvalue weighted by Gasteiger charge is -2.34. The molecule has 1 aromatic heterocycles. The molecule has 7 nitrogen and oxygen atoms in total. The van der Waals surface area contributed by atoms with E-state index in [4.69, 9.17) is 11.6 Å². The summed E-state index contributed by atoms with van der Waals surface area (Å²) < 4.78 is 27.8. The normalized spacial score (nSPS) is 15.1. The number of piperazine rings is 1. The lowest BCUT2D eigenvalue weighted by molar-refractivity contribution is 0.382. The lowest BCUT2D eigenvalue weighted by Crippen LogP contribution is -2.49. The van der Waals surface area contributed by atoms with Crippen molar-refractivity contribution in [2.24, 2.45) is 0 Å². The van der Waals surface area contributed by atoms with Gasteiger partial charge in [-0.15, -0.1) is 0 Å². The van der Waals surface area contributed by atoms with Gasteiger partial charge in [0.25, 0.3) is 0 Å². The summed E-state index contributed by atoms with van der Waals surface area (Å²) in [6.45, 7) is 7.42. The average Bonchev–Trinajstić information content (AvgIpc) is 2.77. The van der Waals surface area contributed by atoms with Gasteiger partial charge in [0.2, 0.25) is 16.0 Å². The molecule has 1 aliphatic rings. The lowest BCUT2D eigenvalue weighted by atomic mass is 10.2. The number of halogens is 1. The predicted molar refractivity (Wildman–Crippen MR) is 128 cm³/mol. The van der Waals surface area contributed by atoms with Crippen molar-refractivity contribution in [3.63, 3.8) is 0 Å². The Morgan fingerprint density at radius 1 is 0.938 bits per heavy atom. The van der Waals surface area contributed by atoms with Crippen LogP contribution in [-0.2, 0) is 10.0 Å². The van der Waals surface area contributed by atoms with Crippen molar-refractivity contribution in [1.82, 2.24) is 14.3 Å². The van der Waals surface area contributed by atoms with Crippen molar-refractivity contribution >= 4 is 39.1 Å². The molecule has 4 rings (SSSR count). The second kappa shape index (κ2) is 9.05. The highest BCUT2D eigenvalue weighted by molar-refractivity contribution is 7.89. The summed E-state index contributed by atoms with van der Waals surface area (Å²) in [6.07, 6.45) is 0. The molecule has 0 atom stereocenters. The molecule has 1 fully saturated rings. The molecular formula is C23H26ClN5O2S. The van der Waals surface area contributed by atoms with Crippen molar-refractivity contribution in [3.05, 3.63) is 70.4 Å². The van der Waals surface area contributed by atoms with Crippen LogP contribution < -0.4 is 10.2 Å². The molecule has 9 heteroatoms. The molecular weight excluding hydrogens is 446 g/mol. The summed E-state index contributed by atoms with van der Waals surface area (Å²) in [4.78, 5) is 11.5. The molecule has 0 unspecified atom stereocenters. The fourth-order valence-electron chi connectivity index (χ4n) is 3.68. The van der Waals surface area contributed by atoms with Crippen molar-refractivity contribution in [2.75, 3.05) is 36.4 Å². The van der Waals surface area contributed by atoms with Crippen LogP contribution in [0.15, 0.2) is 53.4 Å². The van der Waals surface area contributed by atoms with E-state index in [9.17, 15) is 8.42 Å². The maximum Gasteiger partial charge on any atom is 0.243 e. The molecule has 0 bridgehead atoms. The van der Waals surface area contributed by atoms with Gasteiger partial charge in [-0.1, -0.05) is 35.4 Å². The number of sulfonamides is 1. The monoisotopic (exact) mass is 471 g/mol. The van der Waals surface area contributed by atoms with Crippen molar-refractivity contribution < 1.29 is 8.42 Å². The molecule has 1 N–H and O–H groups in total. The van der Waals surface area contributed by atoms with E-state index in [1.165, 1.54) is 9.87 Å². The first kappa shape index (κ1) is 22.5. The highest BCUT2D eigenvalue weighted by Gasteiger charge is 2.30. The van der Waals surface area contributed by atoms with Crippen LogP contribution in [0.2, 0.25) is 5.02 Å². The Labute approximate surface area is 194 Å². The van der Waals surface area contributed by atoms with Crippen LogP contribution in [0, 0.1) is 20.8 Å². The third-order valence-corrected chi connectivity index (χ3v) is 7.98. The Balaban J connectivity index is 1.49. The highest BCUT2D eigenvalue weighted by atomic mass is 35.5. The van der Waals surface area contributed by atoms with Crippen LogP contribution in [0.1, 0.15) is 16.8 Å². The topological polar surface area (TPSA) is 78.4 Å². The van der Waals surface area contributed by atoms with Crippen LogP contribution in [0.3, 0.4) is 0 Å². The average molecular weight is 472 g/mol. The number of hydrogen-bond donors (Lipinski definition) is 1. The predicted octanol–water partition coefficient (Wildman–Crippen LogP) is 4.31. The van der Waals surface area contributed by atoms with Crippen molar-refractivity contribution in [3.8, 4) is 0 Å². The van der Waals surface area contributed by atoms with Crippen LogP contribution >= 0.6 is 11.6 Å². The van der Waals surface area contributed by atoms with E-state index >= 15 is 0 Å². The zero-order valence-electron chi connectivity index (χ0n) is 18.3. The summed E-state index contributed by atoms with van der Waals surface area (Å²) in [5, 5.41) is 3.77. The summed E-state index contributed by atoms with van der Waals surface area (Å²) in [5.41, 5.74) is 3.56. The van der Waals surface area contributed by atoms with Gasteiger partial charge in [-0.05, 0) is 50.6 Å². The Bertz CT molecular complexity index is 1220. The number of aryl methyl sites for hydroxylation is 2. The Kier molecular flexibility index (Phi) is 6.37. The Hall–Kier alpha value is -2.68. The first-order chi connectivity index (χ1) is 15.2. The van der Waals surface area contributed by atoms with Crippen LogP contribution in [0.25, 0.3) is 0 Å². The van der Waals surface area contributed by atoms with Gasteiger partial charge < -0.3 is 10.2 Å². The van der Waals surface area contributed by atoms with E-state index in [1.807, 2.05) is 49.1 Å². The Morgan fingerprint density at radius 2 is 1.62 bits per heavy atom. The summed E-state index contributed by atoms with van der Waals surface area (Å²) in [6, 6.07) is 15.0. The van der Waals surface area contributed by atoms with E-state index in [0.29, 0.717) is 48.5 Å². The van der Waals surface area contributed by atoms with Crippen LogP contribution in [0.4, 0.5) is 17.5 Å². The minimum Gasteiger partial charge on any atom is -0.340 e. The quantitative estimate of drug-likeness (QED) is 0.597. The fraction of sp³-hybridized carbons (Fsp3) is 0.304. The molecule has 0 aliphatic carbocycles. The standard InChI is InChI=1S/C23H26ClN5O2S/c1-16-7-9-19(10-8-16)26-22-15-17(2)25-23(27-22)28-11-13-29(14-12-28)32(30,31)21-6-4-5-20(24)18(21)3/h4-10,15H,11-14H2,1-3H3,(H,25,26,27). The fourth-order valence-corrected chi connectivity index (χ4v) is 5.58. The second-order valence-corrected chi connectivity index (χ2v) is 10.3. The molecule has 3 aromatic rings. The minimum atomic E-state index is -3.61. The number of benzene rings is 2. The molecule has 1 saturated heterocycles. The number of aromatic nitrogens is 2. The van der Waals surface area contributed by atoms with Gasteiger partial charge >= 0.3 is 0 Å².